The number of hydrogen-bond donors (Lipinski definition) is 2. The first-order valence-corrected chi connectivity index (χ1v) is 18.6. The Bertz CT molecular complexity index is 2420. The summed E-state index contributed by atoms with van der Waals surface area (Å²) in [4.78, 5) is 58.7. The van der Waals surface area contributed by atoms with Gasteiger partial charge in [-0.1, -0.05) is 103 Å². The molecule has 2 fully saturated rings. The minimum Gasteiger partial charge on any atom is -0.497 e. The van der Waals surface area contributed by atoms with Crippen LogP contribution in [0.5, 0.6) is 5.75 Å². The molecule has 6 aromatic rings. The summed E-state index contributed by atoms with van der Waals surface area (Å²) in [7, 11) is 3.25. The number of carbonyl (C=O) groups is 4. The number of rotatable bonds is 10. The van der Waals surface area contributed by atoms with E-state index in [1.165, 1.54) is 5.01 Å². The van der Waals surface area contributed by atoms with Gasteiger partial charge in [0.1, 0.15) is 18.0 Å². The summed E-state index contributed by atoms with van der Waals surface area (Å²) in [6.07, 6.45) is -0.317. The molecule has 2 aliphatic heterocycles. The first kappa shape index (κ1) is 36.3. The number of benzene rings is 6. The van der Waals surface area contributed by atoms with E-state index in [0.717, 1.165) is 44.0 Å². The quantitative estimate of drug-likeness (QED) is 0.167. The molecule has 0 unspecified atom stereocenters. The summed E-state index contributed by atoms with van der Waals surface area (Å²) in [5.41, 5.74) is 3.91. The molecule has 2 N–H and O–H groups in total. The van der Waals surface area contributed by atoms with Crippen molar-refractivity contribution in [3.63, 3.8) is 0 Å². The van der Waals surface area contributed by atoms with Crippen LogP contribution in [0.25, 0.3) is 21.5 Å². The molecule has 56 heavy (non-hydrogen) atoms. The number of nitrogens with zero attached hydrogens (tertiary/aromatic N) is 4. The van der Waals surface area contributed by atoms with Crippen molar-refractivity contribution < 1.29 is 23.9 Å². The van der Waals surface area contributed by atoms with Crippen LogP contribution >= 0.6 is 0 Å². The van der Waals surface area contributed by atoms with Crippen molar-refractivity contribution in [2.45, 2.75) is 31.7 Å². The predicted octanol–water partition coefficient (Wildman–Crippen LogP) is 6.43. The van der Waals surface area contributed by atoms with Crippen molar-refractivity contribution in [1.29, 1.82) is 0 Å². The minimum absolute atomic E-state index is 0.0534. The lowest BCUT2D eigenvalue weighted by Crippen LogP contribution is -2.65. The fraction of sp³-hybridized carbons (Fsp3) is 0.200. The number of nitrogens with one attached hydrogen (secondary N) is 2. The van der Waals surface area contributed by atoms with E-state index in [1.807, 2.05) is 121 Å². The van der Waals surface area contributed by atoms with Gasteiger partial charge in [0.05, 0.1) is 20.2 Å². The summed E-state index contributed by atoms with van der Waals surface area (Å²) >= 11 is 0. The highest BCUT2D eigenvalue weighted by atomic mass is 16.5. The van der Waals surface area contributed by atoms with Crippen molar-refractivity contribution in [1.82, 2.24) is 25.1 Å². The Balaban J connectivity index is 1.03. The van der Waals surface area contributed by atoms with E-state index in [4.69, 9.17) is 4.74 Å². The number of fused-ring (bicyclic) bond motifs is 3. The van der Waals surface area contributed by atoms with Crippen LogP contribution in [0.1, 0.15) is 27.0 Å². The smallest absolute Gasteiger partial charge is 0.332 e. The number of piperazine rings is 1. The fourth-order valence-corrected chi connectivity index (χ4v) is 7.81. The molecule has 0 radical (unpaired) electrons. The standard InChI is InChI=1S/C45H42N6O5/c1-48(45(55)46-26-31-19-23-36(56-2)24-20-31)50-29-42(52)51-40(44(54)49(28-41(50)51)27-34-13-7-11-32-9-3-5-14-37(32)34)25-30-17-21-35(22-18-30)47-43(53)39-16-8-12-33-10-4-6-15-38(33)39/h3-24,40-41H,25-29H2,1-2H3,(H,46,55)(H,47,53)/t40-,41+/m0/s1. The molecule has 11 heteroatoms. The number of urea groups is 1. The Morgan fingerprint density at radius 1 is 0.768 bits per heavy atom. The van der Waals surface area contributed by atoms with E-state index in [0.29, 0.717) is 17.8 Å². The van der Waals surface area contributed by atoms with Crippen LogP contribution in [0, 0.1) is 0 Å². The Morgan fingerprint density at radius 2 is 1.41 bits per heavy atom. The molecule has 0 aromatic heterocycles. The number of carbonyl (C=O) groups excluding carboxylic acids is 4. The lowest BCUT2D eigenvalue weighted by atomic mass is 9.98. The Hall–Kier alpha value is -6.72. The van der Waals surface area contributed by atoms with Crippen molar-refractivity contribution in [3.8, 4) is 5.75 Å². The molecule has 0 aliphatic carbocycles. The van der Waals surface area contributed by atoms with Crippen LogP contribution in [0.4, 0.5) is 10.5 Å². The second-order valence-electron chi connectivity index (χ2n) is 14.2. The van der Waals surface area contributed by atoms with Gasteiger partial charge < -0.3 is 25.2 Å². The normalized spacial score (nSPS) is 16.9. The third-order valence-corrected chi connectivity index (χ3v) is 10.8. The zero-order chi connectivity index (χ0) is 38.8. The zero-order valence-corrected chi connectivity index (χ0v) is 31.2. The van der Waals surface area contributed by atoms with Gasteiger partial charge in [-0.2, -0.15) is 5.01 Å². The summed E-state index contributed by atoms with van der Waals surface area (Å²) in [5.74, 6) is 0.113. The van der Waals surface area contributed by atoms with Gasteiger partial charge in [-0.15, -0.1) is 0 Å². The number of ether oxygens (including phenoxy) is 1. The van der Waals surface area contributed by atoms with Crippen LogP contribution in [-0.2, 0) is 29.1 Å². The van der Waals surface area contributed by atoms with Gasteiger partial charge in [0.2, 0.25) is 11.8 Å². The molecule has 2 atom stereocenters. The van der Waals surface area contributed by atoms with E-state index in [1.54, 1.807) is 35.0 Å². The molecule has 0 saturated carbocycles. The predicted molar refractivity (Wildman–Crippen MR) is 216 cm³/mol. The maximum atomic E-state index is 14.5. The molecule has 2 saturated heterocycles. The molecular weight excluding hydrogens is 705 g/mol. The average molecular weight is 747 g/mol. The third kappa shape index (κ3) is 7.24. The fourth-order valence-electron chi connectivity index (χ4n) is 7.81. The molecule has 0 spiro atoms. The average Bonchev–Trinajstić information content (AvgIpc) is 3.56. The molecule has 2 aliphatic rings. The van der Waals surface area contributed by atoms with Gasteiger partial charge in [0, 0.05) is 37.8 Å². The summed E-state index contributed by atoms with van der Waals surface area (Å²) in [6, 6.07) is 41.2. The van der Waals surface area contributed by atoms with Crippen LogP contribution in [0.3, 0.4) is 0 Å². The molecule has 11 nitrogen and oxygen atoms in total. The van der Waals surface area contributed by atoms with E-state index < -0.39 is 12.2 Å². The van der Waals surface area contributed by atoms with Crippen molar-refractivity contribution in [2.24, 2.45) is 0 Å². The maximum Gasteiger partial charge on any atom is 0.332 e. The number of anilines is 1. The van der Waals surface area contributed by atoms with Crippen molar-refractivity contribution >= 4 is 51.0 Å². The second kappa shape index (κ2) is 15.6. The Labute approximate surface area is 325 Å². The van der Waals surface area contributed by atoms with Crippen LogP contribution < -0.4 is 15.4 Å². The van der Waals surface area contributed by atoms with Gasteiger partial charge in [-0.3, -0.25) is 19.4 Å². The van der Waals surface area contributed by atoms with E-state index >= 15 is 0 Å². The molecule has 2 heterocycles. The molecule has 6 aromatic carbocycles. The Kier molecular flexibility index (Phi) is 10.1. The maximum absolute atomic E-state index is 14.5. The van der Waals surface area contributed by atoms with Gasteiger partial charge in [0.25, 0.3) is 5.91 Å². The molecule has 8 rings (SSSR count). The van der Waals surface area contributed by atoms with Gasteiger partial charge in [0.15, 0.2) is 0 Å². The zero-order valence-electron chi connectivity index (χ0n) is 31.2. The third-order valence-electron chi connectivity index (χ3n) is 10.8. The van der Waals surface area contributed by atoms with Crippen molar-refractivity contribution in [2.75, 3.05) is 32.6 Å². The van der Waals surface area contributed by atoms with Crippen LogP contribution in [0.15, 0.2) is 133 Å². The highest BCUT2D eigenvalue weighted by molar-refractivity contribution is 6.13. The topological polar surface area (TPSA) is 115 Å². The van der Waals surface area contributed by atoms with E-state index in [9.17, 15) is 19.2 Å². The molecule has 0 bridgehead atoms. The van der Waals surface area contributed by atoms with Gasteiger partial charge >= 0.3 is 6.03 Å². The molecular formula is C45H42N6O5. The number of amides is 5. The van der Waals surface area contributed by atoms with E-state index in [2.05, 4.69) is 16.7 Å². The number of hydrazine groups is 1. The first-order chi connectivity index (χ1) is 27.3. The van der Waals surface area contributed by atoms with Gasteiger partial charge in [-0.25, -0.2) is 4.79 Å². The van der Waals surface area contributed by atoms with Crippen molar-refractivity contribution in [3.05, 3.63) is 156 Å². The lowest BCUT2D eigenvalue weighted by molar-refractivity contribution is -0.157. The first-order valence-electron chi connectivity index (χ1n) is 18.6. The highest BCUT2D eigenvalue weighted by Crippen LogP contribution is 2.31. The highest BCUT2D eigenvalue weighted by Gasteiger charge is 2.51. The van der Waals surface area contributed by atoms with E-state index in [-0.39, 0.29) is 49.8 Å². The number of methoxy groups -OCH3 is 1. The Morgan fingerprint density at radius 3 is 2.14 bits per heavy atom. The number of hydrogen-bond acceptors (Lipinski definition) is 6. The monoisotopic (exact) mass is 746 g/mol. The van der Waals surface area contributed by atoms with Gasteiger partial charge in [-0.05, 0) is 68.6 Å². The molecule has 5 amide bonds. The van der Waals surface area contributed by atoms with Crippen LogP contribution in [0.2, 0.25) is 0 Å². The summed E-state index contributed by atoms with van der Waals surface area (Å²) < 4.78 is 5.25. The van der Waals surface area contributed by atoms with Crippen LogP contribution in [-0.4, -0.2) is 83.0 Å². The minimum atomic E-state index is -0.812. The molecule has 282 valence electrons. The lowest BCUT2D eigenvalue weighted by Gasteiger charge is -2.46. The summed E-state index contributed by atoms with van der Waals surface area (Å²) in [5, 5.41) is 13.1. The largest absolute Gasteiger partial charge is 0.497 e. The second-order valence-corrected chi connectivity index (χ2v) is 14.2. The summed E-state index contributed by atoms with van der Waals surface area (Å²) in [6.45, 7) is 0.799. The SMILES string of the molecule is COc1ccc(CNC(=O)N(C)N2CC(=O)N3[C@@H](Cc4ccc(NC(=O)c5cccc6ccccc56)cc4)C(=O)N(Cc4cccc5ccccc45)C[C@@H]32)cc1.